The topological polar surface area (TPSA) is 57.6 Å². The molecule has 3 aromatic rings. The minimum atomic E-state index is -0.265. The molecule has 1 amide bonds. The van der Waals surface area contributed by atoms with Crippen molar-refractivity contribution in [3.05, 3.63) is 90.3 Å². The van der Waals surface area contributed by atoms with Crippen molar-refractivity contribution in [2.24, 2.45) is 5.10 Å². The average molecular weight is 330 g/mol. The van der Waals surface area contributed by atoms with E-state index in [9.17, 15) is 4.79 Å². The van der Waals surface area contributed by atoms with Gasteiger partial charge in [0.05, 0.1) is 6.21 Å². The highest BCUT2D eigenvalue weighted by atomic mass is 16.2. The molecular weight excluding hydrogens is 312 g/mol. The highest BCUT2D eigenvalue weighted by Crippen LogP contribution is 2.22. The Bertz CT molecular complexity index is 846. The van der Waals surface area contributed by atoms with Crippen molar-refractivity contribution in [3.63, 3.8) is 0 Å². The van der Waals surface area contributed by atoms with Crippen LogP contribution in [0.3, 0.4) is 0 Å². The highest BCUT2D eigenvalue weighted by molar-refractivity contribution is 5.94. The van der Waals surface area contributed by atoms with Crippen LogP contribution in [0.1, 0.15) is 15.9 Å². The molecule has 0 saturated heterocycles. The summed E-state index contributed by atoms with van der Waals surface area (Å²) in [5, 5.41) is 3.99. The summed E-state index contributed by atoms with van der Waals surface area (Å²) < 4.78 is 0. The molecule has 5 heteroatoms. The number of hydrogen-bond acceptors (Lipinski definition) is 4. The van der Waals surface area contributed by atoms with Gasteiger partial charge in [-0.3, -0.25) is 9.78 Å². The monoisotopic (exact) mass is 330 g/mol. The van der Waals surface area contributed by atoms with Crippen molar-refractivity contribution in [1.29, 1.82) is 0 Å². The number of carbonyl (C=O) groups is 1. The van der Waals surface area contributed by atoms with Gasteiger partial charge < -0.3 is 4.90 Å². The van der Waals surface area contributed by atoms with Gasteiger partial charge in [0, 0.05) is 36.4 Å². The van der Waals surface area contributed by atoms with Gasteiger partial charge in [-0.25, -0.2) is 5.43 Å². The minimum Gasteiger partial charge on any atom is -0.345 e. The minimum absolute atomic E-state index is 0.265. The zero-order chi connectivity index (χ0) is 17.5. The van der Waals surface area contributed by atoms with Crippen molar-refractivity contribution < 1.29 is 4.79 Å². The number of hydrazone groups is 1. The van der Waals surface area contributed by atoms with Crippen molar-refractivity contribution in [2.75, 3.05) is 11.9 Å². The smallest absolute Gasteiger partial charge is 0.271 e. The fourth-order valence-electron chi connectivity index (χ4n) is 2.32. The molecule has 0 spiro atoms. The molecule has 5 nitrogen and oxygen atoms in total. The van der Waals surface area contributed by atoms with E-state index in [1.165, 1.54) is 0 Å². The largest absolute Gasteiger partial charge is 0.345 e. The zero-order valence-electron chi connectivity index (χ0n) is 13.8. The van der Waals surface area contributed by atoms with E-state index in [1.54, 1.807) is 30.7 Å². The fraction of sp³-hybridized carbons (Fsp3) is 0.0500. The second-order valence-corrected chi connectivity index (χ2v) is 5.42. The molecule has 1 N–H and O–H groups in total. The SMILES string of the molecule is CN(c1ccccc1)c1ccc(/C=N/NC(=O)c2ccncc2)cc1. The zero-order valence-corrected chi connectivity index (χ0v) is 13.8. The summed E-state index contributed by atoms with van der Waals surface area (Å²) in [7, 11) is 2.02. The third-order valence-electron chi connectivity index (χ3n) is 3.75. The summed E-state index contributed by atoms with van der Waals surface area (Å²) >= 11 is 0. The first kappa shape index (κ1) is 16.4. The van der Waals surface area contributed by atoms with Gasteiger partial charge in [0.2, 0.25) is 0 Å². The van der Waals surface area contributed by atoms with E-state index in [4.69, 9.17) is 0 Å². The van der Waals surface area contributed by atoms with Gasteiger partial charge in [0.1, 0.15) is 0 Å². The average Bonchev–Trinajstić information content (AvgIpc) is 2.69. The number of hydrogen-bond donors (Lipinski definition) is 1. The molecule has 0 radical (unpaired) electrons. The fourth-order valence-corrected chi connectivity index (χ4v) is 2.32. The molecule has 2 aromatic carbocycles. The Hall–Kier alpha value is -3.47. The van der Waals surface area contributed by atoms with Crippen LogP contribution in [-0.2, 0) is 0 Å². The molecule has 3 rings (SSSR count). The van der Waals surface area contributed by atoms with Crippen LogP contribution in [0.2, 0.25) is 0 Å². The molecule has 0 bridgehead atoms. The van der Waals surface area contributed by atoms with Gasteiger partial charge in [-0.1, -0.05) is 30.3 Å². The van der Waals surface area contributed by atoms with Crippen LogP contribution in [0.4, 0.5) is 11.4 Å². The van der Waals surface area contributed by atoms with Crippen molar-refractivity contribution in [1.82, 2.24) is 10.4 Å². The number of aromatic nitrogens is 1. The maximum absolute atomic E-state index is 11.9. The molecule has 25 heavy (non-hydrogen) atoms. The Kier molecular flexibility index (Phi) is 5.16. The summed E-state index contributed by atoms with van der Waals surface area (Å²) in [6.45, 7) is 0. The first-order valence-corrected chi connectivity index (χ1v) is 7.86. The Morgan fingerprint density at radius 1 is 0.960 bits per heavy atom. The summed E-state index contributed by atoms with van der Waals surface area (Å²) in [4.78, 5) is 17.9. The van der Waals surface area contributed by atoms with Crippen molar-refractivity contribution >= 4 is 23.5 Å². The van der Waals surface area contributed by atoms with Gasteiger partial charge in [0.15, 0.2) is 0 Å². The third kappa shape index (κ3) is 4.29. The highest BCUT2D eigenvalue weighted by Gasteiger charge is 2.03. The first-order valence-electron chi connectivity index (χ1n) is 7.86. The summed E-state index contributed by atoms with van der Waals surface area (Å²) in [6.07, 6.45) is 4.76. The molecule has 1 heterocycles. The van der Waals surface area contributed by atoms with Crippen LogP contribution in [0, 0.1) is 0 Å². The standard InChI is InChI=1S/C20H18N4O/c1-24(18-5-3-2-4-6-18)19-9-7-16(8-10-19)15-22-23-20(25)17-11-13-21-14-12-17/h2-15H,1H3,(H,23,25)/b22-15+. The van der Waals surface area contributed by atoms with Crippen LogP contribution in [0.15, 0.2) is 84.2 Å². The molecule has 0 aliphatic heterocycles. The third-order valence-corrected chi connectivity index (χ3v) is 3.75. The molecule has 1 aromatic heterocycles. The summed E-state index contributed by atoms with van der Waals surface area (Å²) in [5.74, 6) is -0.265. The molecule has 124 valence electrons. The number of para-hydroxylation sites is 1. The Morgan fingerprint density at radius 3 is 2.28 bits per heavy atom. The van der Waals surface area contributed by atoms with Crippen molar-refractivity contribution in [2.45, 2.75) is 0 Å². The van der Waals surface area contributed by atoms with E-state index in [0.717, 1.165) is 16.9 Å². The molecule has 0 atom stereocenters. The van der Waals surface area contributed by atoms with Crippen LogP contribution in [0.5, 0.6) is 0 Å². The molecule has 0 saturated carbocycles. The molecule has 0 unspecified atom stereocenters. The van der Waals surface area contributed by atoms with Crippen molar-refractivity contribution in [3.8, 4) is 0 Å². The normalized spacial score (nSPS) is 10.6. The van der Waals surface area contributed by atoms with E-state index in [0.29, 0.717) is 5.56 Å². The van der Waals surface area contributed by atoms with E-state index >= 15 is 0 Å². The maximum atomic E-state index is 11.9. The first-order chi connectivity index (χ1) is 12.2. The van der Waals surface area contributed by atoms with E-state index in [1.807, 2.05) is 49.5 Å². The van der Waals surface area contributed by atoms with Gasteiger partial charge >= 0.3 is 0 Å². The van der Waals surface area contributed by atoms with Crippen LogP contribution in [0.25, 0.3) is 0 Å². The predicted molar refractivity (Wildman–Crippen MR) is 100 cm³/mol. The number of pyridine rings is 1. The lowest BCUT2D eigenvalue weighted by atomic mass is 10.2. The second kappa shape index (κ2) is 7.88. The van der Waals surface area contributed by atoms with Crippen LogP contribution in [-0.4, -0.2) is 24.2 Å². The van der Waals surface area contributed by atoms with Gasteiger partial charge in [0.25, 0.3) is 5.91 Å². The molecule has 0 aliphatic carbocycles. The summed E-state index contributed by atoms with van der Waals surface area (Å²) in [5.41, 5.74) is 6.12. The Balaban J connectivity index is 1.62. The quantitative estimate of drug-likeness (QED) is 0.574. The number of carbonyl (C=O) groups excluding carboxylic acids is 1. The second-order valence-electron chi connectivity index (χ2n) is 5.42. The number of benzene rings is 2. The van der Waals surface area contributed by atoms with E-state index in [-0.39, 0.29) is 5.91 Å². The Labute approximate surface area is 146 Å². The molecular formula is C20H18N4O. The van der Waals surface area contributed by atoms with Crippen LogP contribution < -0.4 is 10.3 Å². The van der Waals surface area contributed by atoms with Crippen LogP contribution >= 0.6 is 0 Å². The number of nitrogens with one attached hydrogen (secondary N) is 1. The maximum Gasteiger partial charge on any atom is 0.271 e. The van der Waals surface area contributed by atoms with E-state index in [2.05, 4.69) is 32.5 Å². The number of amides is 1. The lowest BCUT2D eigenvalue weighted by molar-refractivity contribution is 0.0955. The number of nitrogens with zero attached hydrogens (tertiary/aromatic N) is 3. The lowest BCUT2D eigenvalue weighted by Crippen LogP contribution is -2.17. The van der Waals surface area contributed by atoms with Gasteiger partial charge in [-0.05, 0) is 42.0 Å². The molecule has 0 aliphatic rings. The van der Waals surface area contributed by atoms with Gasteiger partial charge in [-0.15, -0.1) is 0 Å². The molecule has 0 fully saturated rings. The number of anilines is 2. The van der Waals surface area contributed by atoms with E-state index < -0.39 is 0 Å². The lowest BCUT2D eigenvalue weighted by Gasteiger charge is -2.19. The number of rotatable bonds is 5. The Morgan fingerprint density at radius 2 is 1.60 bits per heavy atom. The predicted octanol–water partition coefficient (Wildman–Crippen LogP) is 3.61. The van der Waals surface area contributed by atoms with Gasteiger partial charge in [-0.2, -0.15) is 5.10 Å². The summed E-state index contributed by atoms with van der Waals surface area (Å²) in [6, 6.07) is 21.4.